The van der Waals surface area contributed by atoms with Crippen LogP contribution in [0.15, 0.2) is 24.4 Å². The molecule has 120 valence electrons. The lowest BCUT2D eigenvalue weighted by atomic mass is 9.97. The third-order valence-corrected chi connectivity index (χ3v) is 4.20. The molecule has 3 rings (SSSR count). The van der Waals surface area contributed by atoms with E-state index in [1.54, 1.807) is 7.11 Å². The monoisotopic (exact) mass is 311 g/mol. The lowest BCUT2D eigenvalue weighted by Crippen LogP contribution is -2.27. The number of aromatic nitrogens is 1. The Hall–Kier alpha value is -2.45. The molecule has 1 aromatic heterocycles. The molecule has 1 aliphatic heterocycles. The predicted molar refractivity (Wildman–Crippen MR) is 87.6 cm³/mol. The van der Waals surface area contributed by atoms with Crippen LogP contribution in [-0.2, 0) is 13.6 Å². The fourth-order valence-electron chi connectivity index (χ4n) is 3.06. The van der Waals surface area contributed by atoms with Gasteiger partial charge in [0.25, 0.3) is 0 Å². The number of methoxy groups -OCH3 is 1. The van der Waals surface area contributed by atoms with Crippen LogP contribution in [0.25, 0.3) is 0 Å². The number of rotatable bonds is 4. The fraction of sp³-hybridized carbons (Fsp3) is 0.389. The van der Waals surface area contributed by atoms with Gasteiger partial charge in [-0.2, -0.15) is 5.26 Å². The van der Waals surface area contributed by atoms with Crippen molar-refractivity contribution in [1.82, 2.24) is 9.88 Å². The van der Waals surface area contributed by atoms with E-state index in [1.807, 2.05) is 29.9 Å². The number of nitriles is 1. The first-order valence-corrected chi connectivity index (χ1v) is 7.72. The van der Waals surface area contributed by atoms with E-state index in [2.05, 4.69) is 24.4 Å². The average Bonchev–Trinajstić information content (AvgIpc) is 2.92. The molecule has 1 atom stereocenters. The molecular weight excluding hydrogens is 290 g/mol. The second-order valence-electron chi connectivity index (χ2n) is 5.91. The summed E-state index contributed by atoms with van der Waals surface area (Å²) in [5.74, 6) is 1.63. The van der Waals surface area contributed by atoms with Crippen LogP contribution in [-0.4, -0.2) is 18.3 Å². The highest BCUT2D eigenvalue weighted by molar-refractivity contribution is 5.51. The van der Waals surface area contributed by atoms with Crippen LogP contribution in [0, 0.1) is 18.3 Å². The van der Waals surface area contributed by atoms with Crippen molar-refractivity contribution in [3.8, 4) is 17.6 Å². The Labute approximate surface area is 136 Å². The minimum atomic E-state index is 0.221. The lowest BCUT2D eigenvalue weighted by molar-refractivity contribution is 0.238. The van der Waals surface area contributed by atoms with Crippen LogP contribution >= 0.6 is 0 Å². The first kappa shape index (κ1) is 15.4. The molecule has 0 aliphatic carbocycles. The van der Waals surface area contributed by atoms with Crippen molar-refractivity contribution in [3.63, 3.8) is 0 Å². The van der Waals surface area contributed by atoms with Crippen molar-refractivity contribution in [2.45, 2.75) is 25.9 Å². The summed E-state index contributed by atoms with van der Waals surface area (Å²) in [6.45, 7) is 3.45. The zero-order chi connectivity index (χ0) is 16.4. The molecule has 0 amide bonds. The van der Waals surface area contributed by atoms with Crippen molar-refractivity contribution >= 4 is 0 Å². The van der Waals surface area contributed by atoms with Crippen LogP contribution in [0.5, 0.6) is 11.5 Å². The third kappa shape index (κ3) is 3.03. The zero-order valence-corrected chi connectivity index (χ0v) is 13.7. The van der Waals surface area contributed by atoms with Crippen molar-refractivity contribution in [1.29, 1.82) is 5.26 Å². The van der Waals surface area contributed by atoms with Crippen LogP contribution in [0.2, 0.25) is 0 Å². The van der Waals surface area contributed by atoms with Crippen molar-refractivity contribution in [2.24, 2.45) is 7.05 Å². The van der Waals surface area contributed by atoms with E-state index < -0.39 is 0 Å². The SMILES string of the molecule is COc1cc(C)cc2c1OCCC2NCc1cc(C#N)n(C)c1. The molecule has 1 N–H and O–H groups in total. The molecule has 0 bridgehead atoms. The summed E-state index contributed by atoms with van der Waals surface area (Å²) in [6, 6.07) is 8.48. The molecule has 0 radical (unpaired) electrons. The van der Waals surface area contributed by atoms with E-state index in [1.165, 1.54) is 0 Å². The van der Waals surface area contributed by atoms with Gasteiger partial charge in [-0.05, 0) is 30.2 Å². The van der Waals surface area contributed by atoms with Gasteiger partial charge in [0.2, 0.25) is 0 Å². The number of nitrogens with zero attached hydrogens (tertiary/aromatic N) is 2. The maximum Gasteiger partial charge on any atom is 0.165 e. The Bertz CT molecular complexity index is 758. The van der Waals surface area contributed by atoms with Gasteiger partial charge in [-0.25, -0.2) is 0 Å². The minimum Gasteiger partial charge on any atom is -0.493 e. The number of benzene rings is 1. The molecule has 23 heavy (non-hydrogen) atoms. The highest BCUT2D eigenvalue weighted by atomic mass is 16.5. The summed E-state index contributed by atoms with van der Waals surface area (Å²) in [7, 11) is 3.56. The van der Waals surface area contributed by atoms with E-state index in [4.69, 9.17) is 14.7 Å². The van der Waals surface area contributed by atoms with Gasteiger partial charge >= 0.3 is 0 Å². The van der Waals surface area contributed by atoms with Crippen LogP contribution in [0.3, 0.4) is 0 Å². The Balaban J connectivity index is 1.80. The van der Waals surface area contributed by atoms with Gasteiger partial charge in [0, 0.05) is 37.8 Å². The molecule has 0 fully saturated rings. The van der Waals surface area contributed by atoms with Crippen LogP contribution in [0.4, 0.5) is 0 Å². The summed E-state index contributed by atoms with van der Waals surface area (Å²) in [6.07, 6.45) is 2.90. The molecule has 1 aromatic carbocycles. The highest BCUT2D eigenvalue weighted by Crippen LogP contribution is 2.40. The summed E-state index contributed by atoms with van der Waals surface area (Å²) in [4.78, 5) is 0. The van der Waals surface area contributed by atoms with Gasteiger partial charge in [0.15, 0.2) is 11.5 Å². The second kappa shape index (κ2) is 6.35. The van der Waals surface area contributed by atoms with E-state index in [-0.39, 0.29) is 6.04 Å². The maximum atomic E-state index is 9.05. The number of ether oxygens (including phenoxy) is 2. The predicted octanol–water partition coefficient (Wildman–Crippen LogP) is 2.83. The molecule has 1 aliphatic rings. The first-order chi connectivity index (χ1) is 11.1. The van der Waals surface area contributed by atoms with Crippen LogP contribution in [0.1, 0.15) is 34.8 Å². The number of hydrogen-bond acceptors (Lipinski definition) is 4. The number of fused-ring (bicyclic) bond motifs is 1. The molecular formula is C18H21N3O2. The molecule has 0 saturated heterocycles. The highest BCUT2D eigenvalue weighted by Gasteiger charge is 2.24. The second-order valence-corrected chi connectivity index (χ2v) is 5.91. The summed E-state index contributed by atoms with van der Waals surface area (Å²) in [5.41, 5.74) is 4.08. The molecule has 5 heteroatoms. The smallest absolute Gasteiger partial charge is 0.165 e. The quantitative estimate of drug-likeness (QED) is 0.943. The summed E-state index contributed by atoms with van der Waals surface area (Å²) in [5, 5.41) is 12.6. The van der Waals surface area contributed by atoms with E-state index >= 15 is 0 Å². The summed E-state index contributed by atoms with van der Waals surface area (Å²) >= 11 is 0. The summed E-state index contributed by atoms with van der Waals surface area (Å²) < 4.78 is 13.1. The topological polar surface area (TPSA) is 59.2 Å². The Kier molecular flexibility index (Phi) is 4.26. The van der Waals surface area contributed by atoms with Crippen molar-refractivity contribution < 1.29 is 9.47 Å². The van der Waals surface area contributed by atoms with Gasteiger partial charge < -0.3 is 19.4 Å². The Morgan fingerprint density at radius 2 is 2.26 bits per heavy atom. The number of aryl methyl sites for hydroxylation is 2. The van der Waals surface area contributed by atoms with Gasteiger partial charge in [0.1, 0.15) is 11.8 Å². The average molecular weight is 311 g/mol. The van der Waals surface area contributed by atoms with Crippen molar-refractivity contribution in [2.75, 3.05) is 13.7 Å². The number of hydrogen-bond donors (Lipinski definition) is 1. The zero-order valence-electron chi connectivity index (χ0n) is 13.7. The largest absolute Gasteiger partial charge is 0.493 e. The molecule has 5 nitrogen and oxygen atoms in total. The Morgan fingerprint density at radius 1 is 1.43 bits per heavy atom. The lowest BCUT2D eigenvalue weighted by Gasteiger charge is -2.28. The molecule has 2 aromatic rings. The van der Waals surface area contributed by atoms with E-state index in [9.17, 15) is 0 Å². The minimum absolute atomic E-state index is 0.221. The van der Waals surface area contributed by atoms with Crippen LogP contribution < -0.4 is 14.8 Å². The Morgan fingerprint density at radius 3 is 2.96 bits per heavy atom. The normalized spacial score (nSPS) is 16.3. The third-order valence-electron chi connectivity index (χ3n) is 4.20. The van der Waals surface area contributed by atoms with Gasteiger partial charge in [-0.1, -0.05) is 6.07 Å². The van der Waals surface area contributed by atoms with E-state index in [0.29, 0.717) is 12.3 Å². The van der Waals surface area contributed by atoms with Gasteiger partial charge in [0.05, 0.1) is 13.7 Å². The van der Waals surface area contributed by atoms with Gasteiger partial charge in [-0.15, -0.1) is 0 Å². The molecule has 0 spiro atoms. The fourth-order valence-corrected chi connectivity index (χ4v) is 3.06. The van der Waals surface area contributed by atoms with Gasteiger partial charge in [-0.3, -0.25) is 0 Å². The maximum absolute atomic E-state index is 9.05. The first-order valence-electron chi connectivity index (χ1n) is 7.72. The molecule has 1 unspecified atom stereocenters. The van der Waals surface area contributed by atoms with E-state index in [0.717, 1.165) is 41.2 Å². The number of nitrogens with one attached hydrogen (secondary N) is 1. The standard InChI is InChI=1S/C18H21N3O2/c1-12-6-15-16(4-5-23-18(15)17(7-12)22-3)20-10-13-8-14(9-19)21(2)11-13/h6-8,11,16,20H,4-5,10H2,1-3H3. The van der Waals surface area contributed by atoms with Crippen molar-refractivity contribution in [3.05, 3.63) is 46.8 Å². The molecule has 2 heterocycles. The molecule has 0 saturated carbocycles.